The van der Waals surface area contributed by atoms with E-state index >= 15 is 0 Å². The molecule has 2 N–H and O–H groups in total. The van der Waals surface area contributed by atoms with Crippen molar-refractivity contribution in [3.05, 3.63) is 24.3 Å². The van der Waals surface area contributed by atoms with Crippen LogP contribution >= 0.6 is 0 Å². The Morgan fingerprint density at radius 3 is 2.58 bits per heavy atom. The first kappa shape index (κ1) is 14.2. The predicted octanol–water partition coefficient (Wildman–Crippen LogP) is 3.44. The van der Waals surface area contributed by atoms with Crippen LogP contribution in [0.1, 0.15) is 39.0 Å². The molecule has 106 valence electrons. The van der Waals surface area contributed by atoms with Gasteiger partial charge in [-0.25, -0.2) is 0 Å². The maximum atomic E-state index is 10.0. The fraction of sp³-hybridized carbons (Fsp3) is 0.625. The van der Waals surface area contributed by atoms with E-state index in [0.29, 0.717) is 13.2 Å². The number of rotatable bonds is 7. The smallest absolute Gasteiger partial charge is 0.119 e. The highest BCUT2D eigenvalue weighted by atomic mass is 16.5. The topological polar surface area (TPSA) is 41.5 Å². The molecule has 0 radical (unpaired) electrons. The maximum absolute atomic E-state index is 10.0. The van der Waals surface area contributed by atoms with E-state index in [1.54, 1.807) is 0 Å². The van der Waals surface area contributed by atoms with E-state index in [1.807, 2.05) is 31.2 Å². The Morgan fingerprint density at radius 1 is 1.26 bits per heavy atom. The highest BCUT2D eigenvalue weighted by Gasteiger charge is 2.18. The van der Waals surface area contributed by atoms with Crippen LogP contribution in [0.4, 0.5) is 5.69 Å². The molecule has 1 aromatic carbocycles. The zero-order chi connectivity index (χ0) is 13.5. The summed E-state index contributed by atoms with van der Waals surface area (Å²) >= 11 is 0. The summed E-state index contributed by atoms with van der Waals surface area (Å²) in [6.45, 7) is 3.29. The Labute approximate surface area is 116 Å². The number of hydrogen-bond acceptors (Lipinski definition) is 3. The van der Waals surface area contributed by atoms with E-state index in [4.69, 9.17) is 4.74 Å². The number of nitrogens with one attached hydrogen (secondary N) is 1. The summed E-state index contributed by atoms with van der Waals surface area (Å²) in [6, 6.07) is 7.89. The minimum atomic E-state index is -0.241. The van der Waals surface area contributed by atoms with Crippen molar-refractivity contribution in [3.8, 4) is 5.75 Å². The molecular formula is C16H25NO2. The molecule has 0 saturated heterocycles. The second kappa shape index (κ2) is 7.39. The Morgan fingerprint density at radius 2 is 1.95 bits per heavy atom. The Kier molecular flexibility index (Phi) is 5.52. The second-order valence-electron chi connectivity index (χ2n) is 5.38. The van der Waals surface area contributed by atoms with Gasteiger partial charge in [0.1, 0.15) is 5.75 Å². The number of aliphatic hydroxyl groups excluding tert-OH is 1. The van der Waals surface area contributed by atoms with Crippen molar-refractivity contribution < 1.29 is 9.84 Å². The number of aliphatic hydroxyl groups is 1. The lowest BCUT2D eigenvalue weighted by Crippen LogP contribution is -2.21. The molecule has 1 fully saturated rings. The highest BCUT2D eigenvalue weighted by molar-refractivity contribution is 5.46. The van der Waals surface area contributed by atoms with Gasteiger partial charge in [0, 0.05) is 12.2 Å². The summed E-state index contributed by atoms with van der Waals surface area (Å²) in [4.78, 5) is 0. The van der Waals surface area contributed by atoms with Gasteiger partial charge in [0.25, 0.3) is 0 Å². The Hall–Kier alpha value is -1.22. The van der Waals surface area contributed by atoms with Crippen LogP contribution in [0, 0.1) is 5.92 Å². The van der Waals surface area contributed by atoms with Crippen LogP contribution < -0.4 is 10.1 Å². The van der Waals surface area contributed by atoms with E-state index in [0.717, 1.165) is 23.8 Å². The fourth-order valence-electron chi connectivity index (χ4n) is 2.79. The SMILES string of the molecule is CCOc1ccc(NCC(O)CC2CCCC2)cc1. The van der Waals surface area contributed by atoms with Crippen molar-refractivity contribution in [1.29, 1.82) is 0 Å². The van der Waals surface area contributed by atoms with Crippen LogP contribution in [0.25, 0.3) is 0 Å². The maximum Gasteiger partial charge on any atom is 0.119 e. The van der Waals surface area contributed by atoms with Crippen molar-refractivity contribution in [1.82, 2.24) is 0 Å². The van der Waals surface area contributed by atoms with E-state index in [9.17, 15) is 5.11 Å². The third-order valence-electron chi connectivity index (χ3n) is 3.79. The lowest BCUT2D eigenvalue weighted by Gasteiger charge is -2.16. The quantitative estimate of drug-likeness (QED) is 0.792. The molecule has 1 saturated carbocycles. The average Bonchev–Trinajstić information content (AvgIpc) is 2.91. The average molecular weight is 263 g/mol. The summed E-state index contributed by atoms with van der Waals surface area (Å²) in [5, 5.41) is 13.3. The van der Waals surface area contributed by atoms with Gasteiger partial charge in [0.05, 0.1) is 12.7 Å². The van der Waals surface area contributed by atoms with Crippen LogP contribution in [0.15, 0.2) is 24.3 Å². The van der Waals surface area contributed by atoms with Gasteiger partial charge in [-0.3, -0.25) is 0 Å². The monoisotopic (exact) mass is 263 g/mol. The van der Waals surface area contributed by atoms with Crippen LogP contribution in [-0.2, 0) is 0 Å². The lowest BCUT2D eigenvalue weighted by molar-refractivity contribution is 0.155. The first-order valence-electron chi connectivity index (χ1n) is 7.42. The Bertz CT molecular complexity index is 358. The van der Waals surface area contributed by atoms with Crippen LogP contribution in [0.2, 0.25) is 0 Å². The highest BCUT2D eigenvalue weighted by Crippen LogP contribution is 2.28. The summed E-state index contributed by atoms with van der Waals surface area (Å²) in [6.07, 6.45) is 5.95. The number of benzene rings is 1. The lowest BCUT2D eigenvalue weighted by atomic mass is 10.00. The van der Waals surface area contributed by atoms with Crippen molar-refractivity contribution in [2.45, 2.75) is 45.1 Å². The van der Waals surface area contributed by atoms with Crippen molar-refractivity contribution in [3.63, 3.8) is 0 Å². The molecule has 0 spiro atoms. The molecule has 0 bridgehead atoms. The summed E-state index contributed by atoms with van der Waals surface area (Å²) < 4.78 is 5.40. The van der Waals surface area contributed by atoms with Gasteiger partial charge in [-0.2, -0.15) is 0 Å². The molecular weight excluding hydrogens is 238 g/mol. The summed E-state index contributed by atoms with van der Waals surface area (Å²) in [5.41, 5.74) is 1.04. The standard InChI is InChI=1S/C16H25NO2/c1-2-19-16-9-7-14(8-10-16)17-12-15(18)11-13-5-3-4-6-13/h7-10,13,15,17-18H,2-6,11-12H2,1H3. The van der Waals surface area contributed by atoms with E-state index in [2.05, 4.69) is 5.32 Å². The molecule has 3 nitrogen and oxygen atoms in total. The molecule has 19 heavy (non-hydrogen) atoms. The third kappa shape index (κ3) is 4.75. The number of anilines is 1. The van der Waals surface area contributed by atoms with Crippen LogP contribution in [0.3, 0.4) is 0 Å². The van der Waals surface area contributed by atoms with Gasteiger partial charge in [-0.15, -0.1) is 0 Å². The predicted molar refractivity (Wildman–Crippen MR) is 78.7 cm³/mol. The molecule has 1 aliphatic carbocycles. The Balaban J connectivity index is 1.71. The van der Waals surface area contributed by atoms with E-state index in [-0.39, 0.29) is 6.10 Å². The number of ether oxygens (including phenoxy) is 1. The van der Waals surface area contributed by atoms with E-state index in [1.165, 1.54) is 25.7 Å². The first-order valence-corrected chi connectivity index (χ1v) is 7.42. The minimum absolute atomic E-state index is 0.241. The van der Waals surface area contributed by atoms with Gasteiger partial charge in [-0.1, -0.05) is 25.7 Å². The molecule has 3 heteroatoms. The van der Waals surface area contributed by atoms with Crippen molar-refractivity contribution in [2.24, 2.45) is 5.92 Å². The first-order chi connectivity index (χ1) is 9.28. The van der Waals surface area contributed by atoms with Crippen molar-refractivity contribution >= 4 is 5.69 Å². The third-order valence-corrected chi connectivity index (χ3v) is 3.79. The molecule has 0 aromatic heterocycles. The zero-order valence-corrected chi connectivity index (χ0v) is 11.8. The fourth-order valence-corrected chi connectivity index (χ4v) is 2.79. The largest absolute Gasteiger partial charge is 0.494 e. The minimum Gasteiger partial charge on any atom is -0.494 e. The molecule has 0 heterocycles. The second-order valence-corrected chi connectivity index (χ2v) is 5.38. The molecule has 2 rings (SSSR count). The summed E-state index contributed by atoms with van der Waals surface area (Å²) in [5.74, 6) is 1.62. The van der Waals surface area contributed by atoms with Crippen LogP contribution in [0.5, 0.6) is 5.75 Å². The molecule has 0 aliphatic heterocycles. The molecule has 1 unspecified atom stereocenters. The molecule has 1 atom stereocenters. The summed E-state index contributed by atoms with van der Waals surface area (Å²) in [7, 11) is 0. The normalized spacial score (nSPS) is 17.4. The number of hydrogen-bond donors (Lipinski definition) is 2. The van der Waals surface area contributed by atoms with Crippen molar-refractivity contribution in [2.75, 3.05) is 18.5 Å². The molecule has 1 aliphatic rings. The van der Waals surface area contributed by atoms with Crippen LogP contribution in [-0.4, -0.2) is 24.4 Å². The van der Waals surface area contributed by atoms with E-state index < -0.39 is 0 Å². The van der Waals surface area contributed by atoms with Gasteiger partial charge in [0.2, 0.25) is 0 Å². The van der Waals surface area contributed by atoms with Gasteiger partial charge >= 0.3 is 0 Å². The molecule has 1 aromatic rings. The van der Waals surface area contributed by atoms with Gasteiger partial charge in [-0.05, 0) is 43.5 Å². The molecule has 0 amide bonds. The zero-order valence-electron chi connectivity index (χ0n) is 11.8. The van der Waals surface area contributed by atoms with Gasteiger partial charge < -0.3 is 15.2 Å². The van der Waals surface area contributed by atoms with Gasteiger partial charge in [0.15, 0.2) is 0 Å².